The monoisotopic (exact) mass is 287 g/mol. The highest BCUT2D eigenvalue weighted by Crippen LogP contribution is 2.36. The summed E-state index contributed by atoms with van der Waals surface area (Å²) in [6.07, 6.45) is 4.80. The molecule has 3 rings (SSSR count). The van der Waals surface area contributed by atoms with Crippen molar-refractivity contribution in [2.45, 2.75) is 18.9 Å². The number of nitrogens with one attached hydrogen (secondary N) is 1. The summed E-state index contributed by atoms with van der Waals surface area (Å²) in [5.74, 6) is 3.33. The molecule has 0 saturated carbocycles. The van der Waals surface area contributed by atoms with Crippen LogP contribution in [0, 0.1) is 0 Å². The van der Waals surface area contributed by atoms with Crippen LogP contribution >= 0.6 is 0 Å². The summed E-state index contributed by atoms with van der Waals surface area (Å²) in [5.41, 5.74) is 1.23. The Morgan fingerprint density at radius 1 is 1.33 bits per heavy atom. The van der Waals surface area contributed by atoms with Crippen molar-refractivity contribution in [3.8, 4) is 11.5 Å². The number of aromatic nitrogens is 2. The van der Waals surface area contributed by atoms with Crippen LogP contribution in [0.2, 0.25) is 0 Å². The summed E-state index contributed by atoms with van der Waals surface area (Å²) >= 11 is 0. The van der Waals surface area contributed by atoms with E-state index in [9.17, 15) is 0 Å². The number of methoxy groups -OCH3 is 2. The molecule has 0 bridgehead atoms. The molecule has 2 aromatic rings. The van der Waals surface area contributed by atoms with Crippen molar-refractivity contribution in [1.29, 1.82) is 0 Å². The zero-order valence-corrected chi connectivity index (χ0v) is 12.5. The lowest BCUT2D eigenvalue weighted by Gasteiger charge is -2.17. The van der Waals surface area contributed by atoms with Gasteiger partial charge in [-0.3, -0.25) is 4.90 Å². The number of ether oxygens (including phenoxy) is 2. The van der Waals surface area contributed by atoms with E-state index < -0.39 is 0 Å². The number of aromatic amines is 1. The van der Waals surface area contributed by atoms with Gasteiger partial charge >= 0.3 is 0 Å². The molecule has 0 amide bonds. The normalized spacial score (nSPS) is 18.9. The fraction of sp³-hybridized carbons (Fsp3) is 0.438. The topological polar surface area (TPSA) is 50.4 Å². The first-order valence-electron chi connectivity index (χ1n) is 7.22. The molecule has 5 heteroatoms. The number of H-pyrrole nitrogens is 1. The van der Waals surface area contributed by atoms with E-state index >= 15 is 0 Å². The fourth-order valence-electron chi connectivity index (χ4n) is 2.98. The van der Waals surface area contributed by atoms with Gasteiger partial charge in [0.05, 0.1) is 20.8 Å². The molecule has 0 unspecified atom stereocenters. The van der Waals surface area contributed by atoms with Crippen molar-refractivity contribution in [1.82, 2.24) is 14.9 Å². The molecular weight excluding hydrogens is 266 g/mol. The molecule has 1 N–H and O–H groups in total. The molecule has 1 aliphatic heterocycles. The minimum atomic E-state index is 0.477. The van der Waals surface area contributed by atoms with Gasteiger partial charge in [-0.1, -0.05) is 0 Å². The second kappa shape index (κ2) is 6.18. The fourth-order valence-corrected chi connectivity index (χ4v) is 2.98. The lowest BCUT2D eigenvalue weighted by atomic mass is 9.97. The van der Waals surface area contributed by atoms with Gasteiger partial charge in [-0.05, 0) is 31.2 Å². The van der Waals surface area contributed by atoms with Gasteiger partial charge in [0, 0.05) is 30.4 Å². The number of imidazole rings is 1. The maximum Gasteiger partial charge on any atom is 0.122 e. The summed E-state index contributed by atoms with van der Waals surface area (Å²) in [6, 6.07) is 6.03. The van der Waals surface area contributed by atoms with Crippen molar-refractivity contribution in [2.24, 2.45) is 0 Å². The third kappa shape index (κ3) is 3.03. The van der Waals surface area contributed by atoms with E-state index in [0.29, 0.717) is 5.92 Å². The third-order valence-corrected chi connectivity index (χ3v) is 4.08. The Hall–Kier alpha value is -2.01. The highest BCUT2D eigenvalue weighted by Gasteiger charge is 2.26. The summed E-state index contributed by atoms with van der Waals surface area (Å²) in [4.78, 5) is 9.88. The molecule has 1 aromatic carbocycles. The maximum atomic E-state index is 5.51. The van der Waals surface area contributed by atoms with E-state index in [1.165, 1.54) is 5.56 Å². The minimum absolute atomic E-state index is 0.477. The van der Waals surface area contributed by atoms with Gasteiger partial charge in [0.15, 0.2) is 0 Å². The number of nitrogens with zero attached hydrogens (tertiary/aromatic N) is 2. The molecule has 1 fully saturated rings. The second-order valence-electron chi connectivity index (χ2n) is 5.36. The lowest BCUT2D eigenvalue weighted by molar-refractivity contribution is 0.318. The van der Waals surface area contributed by atoms with Gasteiger partial charge in [-0.15, -0.1) is 0 Å². The first-order valence-corrected chi connectivity index (χ1v) is 7.22. The first kappa shape index (κ1) is 13.9. The van der Waals surface area contributed by atoms with Gasteiger partial charge in [-0.25, -0.2) is 4.98 Å². The van der Waals surface area contributed by atoms with Crippen LogP contribution in [-0.2, 0) is 6.54 Å². The Kier molecular flexibility index (Phi) is 4.10. The van der Waals surface area contributed by atoms with E-state index in [1.54, 1.807) is 20.4 Å². The van der Waals surface area contributed by atoms with Crippen LogP contribution < -0.4 is 9.47 Å². The molecule has 0 radical (unpaired) electrons. The van der Waals surface area contributed by atoms with E-state index in [2.05, 4.69) is 20.9 Å². The van der Waals surface area contributed by atoms with Crippen LogP contribution in [0.25, 0.3) is 0 Å². The predicted molar refractivity (Wildman–Crippen MR) is 80.8 cm³/mol. The van der Waals surface area contributed by atoms with E-state index in [4.69, 9.17) is 9.47 Å². The van der Waals surface area contributed by atoms with Gasteiger partial charge in [-0.2, -0.15) is 0 Å². The molecule has 0 spiro atoms. The van der Waals surface area contributed by atoms with Crippen LogP contribution in [0.1, 0.15) is 23.7 Å². The third-order valence-electron chi connectivity index (χ3n) is 4.08. The van der Waals surface area contributed by atoms with Crippen LogP contribution in [0.5, 0.6) is 11.5 Å². The SMILES string of the molecule is COc1ccc(OC)c([C@@H]2CCN(Cc3ncc[nH]3)C2)c1. The molecule has 1 saturated heterocycles. The molecule has 1 aliphatic rings. The van der Waals surface area contributed by atoms with Crippen molar-refractivity contribution in [3.63, 3.8) is 0 Å². The Morgan fingerprint density at radius 3 is 2.95 bits per heavy atom. The number of benzene rings is 1. The average molecular weight is 287 g/mol. The van der Waals surface area contributed by atoms with E-state index in [0.717, 1.165) is 43.4 Å². The standard InChI is InChI=1S/C16H21N3O2/c1-20-13-3-4-15(21-2)14(9-13)12-5-8-19(10-12)11-16-17-6-7-18-16/h3-4,6-7,9,12H,5,8,10-11H2,1-2H3,(H,17,18)/t12-/m1/s1. The smallest absolute Gasteiger partial charge is 0.122 e. The van der Waals surface area contributed by atoms with Gasteiger partial charge < -0.3 is 14.5 Å². The Bertz CT molecular complexity index is 583. The molecule has 1 atom stereocenters. The van der Waals surface area contributed by atoms with Gasteiger partial charge in [0.25, 0.3) is 0 Å². The molecule has 21 heavy (non-hydrogen) atoms. The van der Waals surface area contributed by atoms with Gasteiger partial charge in [0.2, 0.25) is 0 Å². The van der Waals surface area contributed by atoms with E-state index in [-0.39, 0.29) is 0 Å². The van der Waals surface area contributed by atoms with Gasteiger partial charge in [0.1, 0.15) is 17.3 Å². The number of hydrogen-bond acceptors (Lipinski definition) is 4. The van der Waals surface area contributed by atoms with Crippen molar-refractivity contribution in [3.05, 3.63) is 42.0 Å². The molecule has 5 nitrogen and oxygen atoms in total. The quantitative estimate of drug-likeness (QED) is 0.917. The Labute approximate surface area is 124 Å². The Morgan fingerprint density at radius 2 is 2.24 bits per heavy atom. The van der Waals surface area contributed by atoms with Crippen LogP contribution in [0.3, 0.4) is 0 Å². The zero-order valence-electron chi connectivity index (χ0n) is 12.5. The highest BCUT2D eigenvalue weighted by atomic mass is 16.5. The maximum absolute atomic E-state index is 5.51. The van der Waals surface area contributed by atoms with Crippen LogP contribution in [0.15, 0.2) is 30.6 Å². The second-order valence-corrected chi connectivity index (χ2v) is 5.36. The number of likely N-dealkylation sites (tertiary alicyclic amines) is 1. The summed E-state index contributed by atoms with van der Waals surface area (Å²) < 4.78 is 10.8. The van der Waals surface area contributed by atoms with E-state index in [1.807, 2.05) is 18.3 Å². The largest absolute Gasteiger partial charge is 0.497 e. The molecule has 2 heterocycles. The number of hydrogen-bond donors (Lipinski definition) is 1. The molecule has 112 valence electrons. The molecular formula is C16H21N3O2. The lowest BCUT2D eigenvalue weighted by Crippen LogP contribution is -2.20. The number of rotatable bonds is 5. The van der Waals surface area contributed by atoms with Crippen LogP contribution in [-0.4, -0.2) is 42.2 Å². The minimum Gasteiger partial charge on any atom is -0.497 e. The summed E-state index contributed by atoms with van der Waals surface area (Å²) in [6.45, 7) is 2.96. The van der Waals surface area contributed by atoms with Crippen molar-refractivity contribution < 1.29 is 9.47 Å². The first-order chi connectivity index (χ1) is 10.3. The molecule has 1 aromatic heterocycles. The van der Waals surface area contributed by atoms with Crippen LogP contribution in [0.4, 0.5) is 0 Å². The average Bonchev–Trinajstić information content (AvgIpc) is 3.19. The summed E-state index contributed by atoms with van der Waals surface area (Å²) in [5, 5.41) is 0. The summed E-state index contributed by atoms with van der Waals surface area (Å²) in [7, 11) is 3.42. The van der Waals surface area contributed by atoms with Crippen molar-refractivity contribution >= 4 is 0 Å². The predicted octanol–water partition coefficient (Wildman–Crippen LogP) is 2.42. The molecule has 0 aliphatic carbocycles. The Balaban J connectivity index is 1.73. The highest BCUT2D eigenvalue weighted by molar-refractivity contribution is 5.43. The zero-order chi connectivity index (χ0) is 14.7. The van der Waals surface area contributed by atoms with Crippen molar-refractivity contribution in [2.75, 3.05) is 27.3 Å².